The molecule has 0 radical (unpaired) electrons. The highest BCUT2D eigenvalue weighted by Gasteiger charge is 2.30. The predicted molar refractivity (Wildman–Crippen MR) is 101 cm³/mol. The van der Waals surface area contributed by atoms with Crippen LogP contribution in [-0.2, 0) is 0 Å². The number of amides is 1. The van der Waals surface area contributed by atoms with Crippen LogP contribution < -0.4 is 5.32 Å². The lowest BCUT2D eigenvalue weighted by molar-refractivity contribution is 0.102. The number of carbonyl (C=O) groups excluding carboxylic acids is 1. The van der Waals surface area contributed by atoms with Gasteiger partial charge in [-0.1, -0.05) is 37.6 Å². The van der Waals surface area contributed by atoms with Gasteiger partial charge in [-0.25, -0.2) is 4.68 Å². The van der Waals surface area contributed by atoms with E-state index in [2.05, 4.69) is 34.5 Å². The van der Waals surface area contributed by atoms with Crippen LogP contribution in [0.1, 0.15) is 60.3 Å². The number of H-pyrrole nitrogens is 1. The van der Waals surface area contributed by atoms with Crippen molar-refractivity contribution in [3.63, 3.8) is 0 Å². The molecule has 0 saturated heterocycles. The van der Waals surface area contributed by atoms with Gasteiger partial charge >= 0.3 is 0 Å². The lowest BCUT2D eigenvalue weighted by Crippen LogP contribution is -2.15. The van der Waals surface area contributed by atoms with E-state index in [0.717, 1.165) is 29.9 Å². The Hall–Kier alpha value is -2.60. The summed E-state index contributed by atoms with van der Waals surface area (Å²) in [4.78, 5) is 12.8. The van der Waals surface area contributed by atoms with Gasteiger partial charge in [-0.15, -0.1) is 0 Å². The van der Waals surface area contributed by atoms with E-state index in [4.69, 9.17) is 11.6 Å². The lowest BCUT2D eigenvalue weighted by Gasteiger charge is -2.14. The number of halogens is 1. The monoisotopic (exact) mass is 369 g/mol. The number of carbonyl (C=O) groups is 1. The zero-order chi connectivity index (χ0) is 18.3. The van der Waals surface area contributed by atoms with E-state index < -0.39 is 0 Å². The molecule has 7 heteroatoms. The van der Waals surface area contributed by atoms with Crippen LogP contribution in [0.25, 0.3) is 5.69 Å². The van der Waals surface area contributed by atoms with Gasteiger partial charge in [0.2, 0.25) is 0 Å². The molecule has 1 amide bonds. The summed E-state index contributed by atoms with van der Waals surface area (Å²) in [5.74, 6) is 0.409. The Morgan fingerprint density at radius 2 is 2.08 bits per heavy atom. The lowest BCUT2D eigenvalue weighted by atomic mass is 10.1. The maximum absolute atomic E-state index is 12.8. The molecule has 0 spiro atoms. The fourth-order valence-corrected chi connectivity index (χ4v) is 3.39. The van der Waals surface area contributed by atoms with E-state index >= 15 is 0 Å². The van der Waals surface area contributed by atoms with Crippen LogP contribution in [0.15, 0.2) is 36.7 Å². The Morgan fingerprint density at radius 1 is 1.31 bits per heavy atom. The number of hydrogen-bond acceptors (Lipinski definition) is 3. The van der Waals surface area contributed by atoms with Crippen LogP contribution in [0.3, 0.4) is 0 Å². The van der Waals surface area contributed by atoms with E-state index in [0.29, 0.717) is 22.2 Å². The molecule has 2 aromatic heterocycles. The fraction of sp³-hybridized carbons (Fsp3) is 0.316. The van der Waals surface area contributed by atoms with Crippen LogP contribution in [0.2, 0.25) is 5.02 Å². The zero-order valence-electron chi connectivity index (χ0n) is 14.7. The van der Waals surface area contributed by atoms with E-state index in [1.807, 2.05) is 24.3 Å². The number of benzene rings is 1. The highest BCUT2D eigenvalue weighted by atomic mass is 35.5. The molecule has 0 unspecified atom stereocenters. The highest BCUT2D eigenvalue weighted by Crippen LogP contribution is 2.40. The molecular formula is C19H20ClN5O. The van der Waals surface area contributed by atoms with Crippen LogP contribution in [0.4, 0.5) is 5.69 Å². The summed E-state index contributed by atoms with van der Waals surface area (Å²) in [5.41, 5.74) is 3.91. The smallest absolute Gasteiger partial charge is 0.259 e. The molecule has 3 aromatic rings. The number of aromatic amines is 1. The molecule has 1 saturated carbocycles. The van der Waals surface area contributed by atoms with Gasteiger partial charge in [0.25, 0.3) is 5.91 Å². The molecule has 1 fully saturated rings. The topological polar surface area (TPSA) is 75.6 Å². The molecule has 2 heterocycles. The maximum Gasteiger partial charge on any atom is 0.259 e. The van der Waals surface area contributed by atoms with Crippen molar-refractivity contribution >= 4 is 23.2 Å². The van der Waals surface area contributed by atoms with Gasteiger partial charge in [-0.3, -0.25) is 9.89 Å². The van der Waals surface area contributed by atoms with Crippen molar-refractivity contribution in [2.24, 2.45) is 0 Å². The van der Waals surface area contributed by atoms with Crippen molar-refractivity contribution in [1.82, 2.24) is 20.0 Å². The average Bonchev–Trinajstić information content (AvgIpc) is 3.18. The van der Waals surface area contributed by atoms with Crippen LogP contribution in [0, 0.1) is 0 Å². The molecular weight excluding hydrogens is 350 g/mol. The molecule has 134 valence electrons. The number of rotatable bonds is 5. The van der Waals surface area contributed by atoms with Crippen LogP contribution in [0.5, 0.6) is 0 Å². The maximum atomic E-state index is 12.8. The third kappa shape index (κ3) is 3.01. The minimum atomic E-state index is -0.166. The third-order valence-corrected chi connectivity index (χ3v) is 4.90. The van der Waals surface area contributed by atoms with Gasteiger partial charge in [-0.05, 0) is 30.9 Å². The van der Waals surface area contributed by atoms with Crippen molar-refractivity contribution in [1.29, 1.82) is 0 Å². The first-order chi connectivity index (χ1) is 12.6. The largest absolute Gasteiger partial charge is 0.319 e. The second-order valence-electron chi connectivity index (χ2n) is 6.89. The van der Waals surface area contributed by atoms with Crippen LogP contribution >= 0.6 is 11.6 Å². The Kier molecular flexibility index (Phi) is 4.28. The molecule has 4 rings (SSSR count). The summed E-state index contributed by atoms with van der Waals surface area (Å²) >= 11 is 6.33. The number of para-hydroxylation sites is 1. The predicted octanol–water partition coefficient (Wildman–Crippen LogP) is 4.50. The van der Waals surface area contributed by atoms with Crippen LogP contribution in [-0.4, -0.2) is 25.9 Å². The van der Waals surface area contributed by atoms with Gasteiger partial charge < -0.3 is 5.32 Å². The second kappa shape index (κ2) is 6.61. The number of aromatic nitrogens is 4. The minimum Gasteiger partial charge on any atom is -0.319 e. The minimum absolute atomic E-state index is 0.149. The Bertz CT molecular complexity index is 955. The summed E-state index contributed by atoms with van der Waals surface area (Å²) < 4.78 is 1.79. The Labute approximate surface area is 156 Å². The van der Waals surface area contributed by atoms with Crippen molar-refractivity contribution in [3.8, 4) is 5.69 Å². The van der Waals surface area contributed by atoms with Crippen molar-refractivity contribution < 1.29 is 4.79 Å². The molecule has 0 aliphatic heterocycles. The Balaban J connectivity index is 1.68. The number of anilines is 1. The molecule has 0 atom stereocenters. The fourth-order valence-electron chi connectivity index (χ4n) is 3.18. The van der Waals surface area contributed by atoms with Gasteiger partial charge in [-0.2, -0.15) is 10.2 Å². The molecule has 0 bridgehead atoms. The van der Waals surface area contributed by atoms with Crippen molar-refractivity contribution in [2.75, 3.05) is 5.32 Å². The van der Waals surface area contributed by atoms with Gasteiger partial charge in [0.15, 0.2) is 0 Å². The average molecular weight is 370 g/mol. The first kappa shape index (κ1) is 16.8. The number of nitrogens with zero attached hydrogens (tertiary/aromatic N) is 3. The standard InChI is InChI=1S/C19H20ClN5O/c1-11(2)18-15(10-22-25(18)16-6-4-3-5-14(16)20)23-19(26)13-9-21-24-17(13)12-7-8-12/h3-6,9-12H,7-8H2,1-2H3,(H,21,24)(H,23,26). The van der Waals surface area contributed by atoms with Crippen molar-refractivity contribution in [2.45, 2.75) is 38.5 Å². The normalized spacial score (nSPS) is 14.0. The quantitative estimate of drug-likeness (QED) is 0.695. The van der Waals surface area contributed by atoms with Gasteiger partial charge in [0.1, 0.15) is 0 Å². The first-order valence-electron chi connectivity index (χ1n) is 8.73. The van der Waals surface area contributed by atoms with E-state index in [-0.39, 0.29) is 11.8 Å². The zero-order valence-corrected chi connectivity index (χ0v) is 15.4. The second-order valence-corrected chi connectivity index (χ2v) is 7.29. The SMILES string of the molecule is CC(C)c1c(NC(=O)c2cn[nH]c2C2CC2)cnn1-c1ccccc1Cl. The number of nitrogens with one attached hydrogen (secondary N) is 2. The first-order valence-corrected chi connectivity index (χ1v) is 9.11. The molecule has 6 nitrogen and oxygen atoms in total. The van der Waals surface area contributed by atoms with E-state index in [1.54, 1.807) is 17.1 Å². The van der Waals surface area contributed by atoms with Crippen molar-refractivity contribution in [3.05, 3.63) is 58.6 Å². The summed E-state index contributed by atoms with van der Waals surface area (Å²) in [5, 5.41) is 15.1. The van der Waals surface area contributed by atoms with Gasteiger partial charge in [0.05, 0.1) is 45.7 Å². The van der Waals surface area contributed by atoms with Gasteiger partial charge in [0, 0.05) is 5.92 Å². The summed E-state index contributed by atoms with van der Waals surface area (Å²) in [6.07, 6.45) is 5.47. The molecule has 1 aliphatic carbocycles. The van der Waals surface area contributed by atoms with E-state index in [1.165, 1.54) is 0 Å². The molecule has 1 aliphatic rings. The highest BCUT2D eigenvalue weighted by molar-refractivity contribution is 6.32. The molecule has 1 aromatic carbocycles. The molecule has 2 N–H and O–H groups in total. The third-order valence-electron chi connectivity index (χ3n) is 4.58. The number of hydrogen-bond donors (Lipinski definition) is 2. The summed E-state index contributed by atoms with van der Waals surface area (Å²) in [6.45, 7) is 4.13. The van der Waals surface area contributed by atoms with E-state index in [9.17, 15) is 4.79 Å². The summed E-state index contributed by atoms with van der Waals surface area (Å²) in [7, 11) is 0. The Morgan fingerprint density at radius 3 is 2.77 bits per heavy atom. The summed E-state index contributed by atoms with van der Waals surface area (Å²) in [6, 6.07) is 7.53. The molecule has 26 heavy (non-hydrogen) atoms.